The van der Waals surface area contributed by atoms with Crippen LogP contribution >= 0.6 is 0 Å². The smallest absolute Gasteiger partial charge is 0.482 e. The van der Waals surface area contributed by atoms with Gasteiger partial charge in [0.05, 0.1) is 31.3 Å². The average Bonchev–Trinajstić information content (AvgIpc) is 3.43. The van der Waals surface area contributed by atoms with Gasteiger partial charge in [-0.3, -0.25) is 9.59 Å². The molecule has 0 aromatic heterocycles. The highest BCUT2D eigenvalue weighted by Crippen LogP contribution is 2.65. The third kappa shape index (κ3) is 5.25. The van der Waals surface area contributed by atoms with E-state index in [9.17, 15) is 14.4 Å². The molecule has 2 saturated heterocycles. The summed E-state index contributed by atoms with van der Waals surface area (Å²) in [6.07, 6.45) is 3.54. The van der Waals surface area contributed by atoms with Gasteiger partial charge in [-0.1, -0.05) is 26.0 Å². The Labute approximate surface area is 237 Å². The van der Waals surface area contributed by atoms with Crippen LogP contribution in [-0.2, 0) is 30.1 Å². The highest BCUT2D eigenvalue weighted by molar-refractivity contribution is 6.48. The number of nitrogens with one attached hydrogen (secondary N) is 1. The number of ether oxygens (including phenoxy) is 2. The van der Waals surface area contributed by atoms with Gasteiger partial charge in [-0.05, 0) is 82.3 Å². The van der Waals surface area contributed by atoms with Crippen LogP contribution in [0.1, 0.15) is 83.1 Å². The third-order valence-electron chi connectivity index (χ3n) is 9.51. The van der Waals surface area contributed by atoms with Crippen LogP contribution in [0.15, 0.2) is 18.2 Å². The summed E-state index contributed by atoms with van der Waals surface area (Å²) in [4.78, 5) is 40.0. The van der Waals surface area contributed by atoms with Crippen LogP contribution in [0, 0.1) is 17.3 Å². The Morgan fingerprint density at radius 2 is 1.98 bits per heavy atom. The number of nitrogens with zero attached hydrogens (tertiary/aromatic N) is 1. The van der Waals surface area contributed by atoms with Crippen molar-refractivity contribution in [2.75, 3.05) is 20.2 Å². The highest BCUT2D eigenvalue weighted by Gasteiger charge is 2.68. The van der Waals surface area contributed by atoms with Gasteiger partial charge in [0.1, 0.15) is 16.9 Å². The summed E-state index contributed by atoms with van der Waals surface area (Å²) in [5.41, 5.74) is 0.125. The van der Waals surface area contributed by atoms with Crippen molar-refractivity contribution in [1.82, 2.24) is 10.2 Å². The minimum atomic E-state index is -0.682. The summed E-state index contributed by atoms with van der Waals surface area (Å²) in [6.45, 7) is 12.8. The van der Waals surface area contributed by atoms with Gasteiger partial charge in [0.25, 0.3) is 0 Å². The molecule has 2 heterocycles. The molecule has 2 bridgehead atoms. The van der Waals surface area contributed by atoms with Gasteiger partial charge in [-0.15, -0.1) is 0 Å². The Hall–Kier alpha value is -2.59. The molecule has 1 N–H and O–H groups in total. The SMILES string of the molecule is COc1c(CC(NC(=O)CN2CCCC2=O)B2OC3CC4CC(C4(C)C)C3(C)O2)cccc1C(=O)OC(C)(C)C. The lowest BCUT2D eigenvalue weighted by Gasteiger charge is -2.64. The Bertz CT molecular complexity index is 1180. The maximum Gasteiger partial charge on any atom is 0.482 e. The molecule has 218 valence electrons. The number of amides is 2. The van der Waals surface area contributed by atoms with Crippen LogP contribution in [0.3, 0.4) is 0 Å². The molecular formula is C30H43BN2O7. The molecule has 5 fully saturated rings. The lowest BCUT2D eigenvalue weighted by Crippen LogP contribution is -2.65. The van der Waals surface area contributed by atoms with Crippen molar-refractivity contribution < 1.29 is 33.2 Å². The van der Waals surface area contributed by atoms with Crippen LogP contribution in [-0.4, -0.2) is 73.2 Å². The molecule has 2 amide bonds. The number of methoxy groups -OCH3 is 1. The van der Waals surface area contributed by atoms with E-state index in [1.54, 1.807) is 17.0 Å². The quantitative estimate of drug-likeness (QED) is 0.387. The molecule has 0 radical (unpaired) electrons. The first kappa shape index (κ1) is 28.9. The lowest BCUT2D eigenvalue weighted by atomic mass is 9.43. The van der Waals surface area contributed by atoms with Crippen LogP contribution in [0.5, 0.6) is 5.75 Å². The molecule has 6 rings (SSSR count). The maximum atomic E-state index is 13.2. The Morgan fingerprint density at radius 1 is 1.23 bits per heavy atom. The summed E-state index contributed by atoms with van der Waals surface area (Å²) in [5, 5.41) is 3.11. The standard InChI is InChI=1S/C30H43BN2O7/c1-28(2,3)38-27(36)20-11-8-10-18(26(20)37-7)14-23(32-24(34)17-33-13-9-12-25(33)35)31-39-22-16-19-15-21(29(19,4)5)30(22,6)40-31/h8,10-11,19,21-23H,9,12-17H2,1-7H3,(H,32,34). The summed E-state index contributed by atoms with van der Waals surface area (Å²) >= 11 is 0. The van der Waals surface area contributed by atoms with Crippen molar-refractivity contribution in [2.24, 2.45) is 17.3 Å². The fraction of sp³-hybridized carbons (Fsp3) is 0.700. The van der Waals surface area contributed by atoms with E-state index in [4.69, 9.17) is 18.8 Å². The fourth-order valence-corrected chi connectivity index (χ4v) is 7.30. The van der Waals surface area contributed by atoms with Gasteiger partial charge in [-0.2, -0.15) is 0 Å². The summed E-state index contributed by atoms with van der Waals surface area (Å²) in [5.74, 6) is 0.0569. The Morgan fingerprint density at radius 3 is 2.60 bits per heavy atom. The number of likely N-dealkylation sites (tertiary alicyclic amines) is 1. The molecule has 3 saturated carbocycles. The third-order valence-corrected chi connectivity index (χ3v) is 9.51. The van der Waals surface area contributed by atoms with Gasteiger partial charge >= 0.3 is 13.1 Å². The van der Waals surface area contributed by atoms with Crippen molar-refractivity contribution in [3.05, 3.63) is 29.3 Å². The van der Waals surface area contributed by atoms with E-state index < -0.39 is 30.2 Å². The van der Waals surface area contributed by atoms with Crippen LogP contribution in [0.2, 0.25) is 0 Å². The Kier molecular flexibility index (Phi) is 7.49. The van der Waals surface area contributed by atoms with Crippen molar-refractivity contribution in [3.63, 3.8) is 0 Å². The van der Waals surface area contributed by atoms with E-state index >= 15 is 0 Å². The van der Waals surface area contributed by atoms with Gasteiger partial charge < -0.3 is 29.0 Å². The minimum Gasteiger partial charge on any atom is -0.496 e. The monoisotopic (exact) mass is 554 g/mol. The second-order valence-electron chi connectivity index (χ2n) is 13.6. The summed E-state index contributed by atoms with van der Waals surface area (Å²) < 4.78 is 24.6. The van der Waals surface area contributed by atoms with Crippen LogP contribution in [0.25, 0.3) is 0 Å². The largest absolute Gasteiger partial charge is 0.496 e. The number of carbonyl (C=O) groups excluding carboxylic acids is 3. The van der Waals surface area contributed by atoms with Gasteiger partial charge in [0.15, 0.2) is 0 Å². The molecular weight excluding hydrogens is 511 g/mol. The zero-order valence-electron chi connectivity index (χ0n) is 24.9. The van der Waals surface area contributed by atoms with Gasteiger partial charge in [0.2, 0.25) is 11.8 Å². The first-order valence-corrected chi connectivity index (χ1v) is 14.5. The highest BCUT2D eigenvalue weighted by atomic mass is 16.7. The van der Waals surface area contributed by atoms with E-state index in [0.717, 1.165) is 24.8 Å². The average molecular weight is 554 g/mol. The number of hydrogen-bond donors (Lipinski definition) is 1. The van der Waals surface area contributed by atoms with Crippen molar-refractivity contribution >= 4 is 24.9 Å². The van der Waals surface area contributed by atoms with E-state index in [2.05, 4.69) is 26.1 Å². The van der Waals surface area contributed by atoms with Crippen LogP contribution < -0.4 is 10.1 Å². The van der Waals surface area contributed by atoms with Gasteiger partial charge in [-0.25, -0.2) is 4.79 Å². The van der Waals surface area contributed by atoms with Crippen molar-refractivity contribution in [1.29, 1.82) is 0 Å². The molecule has 5 unspecified atom stereocenters. The fourth-order valence-electron chi connectivity index (χ4n) is 7.30. The molecule has 5 aliphatic rings. The number of esters is 1. The first-order chi connectivity index (χ1) is 18.7. The van der Waals surface area contributed by atoms with E-state index in [0.29, 0.717) is 42.5 Å². The maximum absolute atomic E-state index is 13.2. The zero-order chi connectivity index (χ0) is 29.0. The molecule has 9 nitrogen and oxygen atoms in total. The first-order valence-electron chi connectivity index (χ1n) is 14.5. The number of rotatable bonds is 8. The van der Waals surface area contributed by atoms with E-state index in [-0.39, 0.29) is 29.9 Å². The Balaban J connectivity index is 1.41. The number of carbonyl (C=O) groups is 3. The number of para-hydroxylation sites is 1. The molecule has 10 heteroatoms. The molecule has 1 aromatic rings. The molecule has 40 heavy (non-hydrogen) atoms. The van der Waals surface area contributed by atoms with Gasteiger partial charge in [0, 0.05) is 13.0 Å². The van der Waals surface area contributed by atoms with Crippen molar-refractivity contribution in [2.45, 2.75) is 96.9 Å². The second-order valence-corrected chi connectivity index (χ2v) is 13.6. The predicted octanol–water partition coefficient (Wildman–Crippen LogP) is 3.57. The van der Waals surface area contributed by atoms with E-state index in [1.165, 1.54) is 7.11 Å². The normalized spacial score (nSPS) is 29.5. The summed E-state index contributed by atoms with van der Waals surface area (Å²) in [6, 6.07) is 5.34. The molecule has 3 aliphatic carbocycles. The summed E-state index contributed by atoms with van der Waals surface area (Å²) in [7, 11) is 0.838. The van der Waals surface area contributed by atoms with E-state index in [1.807, 2.05) is 26.8 Å². The molecule has 2 aliphatic heterocycles. The zero-order valence-corrected chi connectivity index (χ0v) is 24.9. The van der Waals surface area contributed by atoms with Crippen molar-refractivity contribution in [3.8, 4) is 5.75 Å². The molecule has 0 spiro atoms. The number of benzene rings is 1. The predicted molar refractivity (Wildman–Crippen MR) is 150 cm³/mol. The topological polar surface area (TPSA) is 103 Å². The molecule has 5 atom stereocenters. The second kappa shape index (κ2) is 10.4. The lowest BCUT2D eigenvalue weighted by molar-refractivity contribution is -0.199. The minimum absolute atomic E-state index is 0.00440. The van der Waals surface area contributed by atoms with Crippen LogP contribution in [0.4, 0.5) is 0 Å². The number of hydrogen-bond acceptors (Lipinski definition) is 7. The molecule has 1 aromatic carbocycles.